The van der Waals surface area contributed by atoms with E-state index in [1.807, 2.05) is 26.0 Å². The molecular weight excluding hydrogens is 477 g/mol. The maximum absolute atomic E-state index is 11.7. The lowest BCUT2D eigenvalue weighted by Gasteiger charge is -2.32. The number of hydrazone groups is 1. The summed E-state index contributed by atoms with van der Waals surface area (Å²) >= 11 is 0. The Morgan fingerprint density at radius 3 is 2.29 bits per heavy atom. The maximum Gasteiger partial charge on any atom is 0.177 e. The van der Waals surface area contributed by atoms with Crippen LogP contribution < -0.4 is 10.3 Å². The Kier molecular flexibility index (Phi) is 9.58. The van der Waals surface area contributed by atoms with Crippen LogP contribution in [0.5, 0.6) is 11.5 Å². The van der Waals surface area contributed by atoms with Crippen LogP contribution >= 0.6 is 24.8 Å². The molecule has 1 unspecified atom stereocenters. The van der Waals surface area contributed by atoms with Gasteiger partial charge in [-0.2, -0.15) is 5.10 Å². The van der Waals surface area contributed by atoms with Gasteiger partial charge in [-0.05, 0) is 42.3 Å². The third kappa shape index (κ3) is 5.75. The number of carbonyl (C=O) groups is 1. The van der Waals surface area contributed by atoms with Gasteiger partial charge in [-0.3, -0.25) is 20.0 Å². The summed E-state index contributed by atoms with van der Waals surface area (Å²) < 4.78 is 0. The molecule has 0 aliphatic carbocycles. The number of carbonyl (C=O) groups excluding carboxylic acids is 1. The molecule has 1 atom stereocenters. The van der Waals surface area contributed by atoms with Crippen molar-refractivity contribution < 1.29 is 15.0 Å². The first-order chi connectivity index (χ1) is 15.4. The lowest BCUT2D eigenvalue weighted by atomic mass is 9.98. The van der Waals surface area contributed by atoms with Crippen molar-refractivity contribution in [1.82, 2.24) is 15.2 Å². The molecule has 0 amide bonds. The molecule has 34 heavy (non-hydrogen) atoms. The number of phenolic OH excluding ortho intramolecular Hbond substituents is 2. The molecule has 0 saturated carbocycles. The number of halogens is 2. The van der Waals surface area contributed by atoms with Crippen molar-refractivity contribution in [2.24, 2.45) is 5.10 Å². The summed E-state index contributed by atoms with van der Waals surface area (Å²) in [6.45, 7) is 9.08. The molecule has 2 aliphatic rings. The van der Waals surface area contributed by atoms with Gasteiger partial charge in [-0.25, -0.2) is 0 Å². The summed E-state index contributed by atoms with van der Waals surface area (Å²) in [5.41, 5.74) is 6.01. The number of rotatable bonds is 6. The smallest absolute Gasteiger partial charge is 0.177 e. The summed E-state index contributed by atoms with van der Waals surface area (Å²) in [4.78, 5) is 18.3. The SMILES string of the molecule is CC(C)c1cc(C2=NNC(C=O)N2c2ccc(CN3CCN(C)CC3)cc2)c(O)cc1O.Cl.Cl. The third-order valence-electron chi connectivity index (χ3n) is 6.16. The quantitative estimate of drug-likeness (QED) is 0.515. The average molecular weight is 510 g/mol. The van der Waals surface area contributed by atoms with E-state index in [0.29, 0.717) is 17.0 Å². The van der Waals surface area contributed by atoms with Gasteiger partial charge in [0, 0.05) is 44.5 Å². The van der Waals surface area contributed by atoms with Crippen LogP contribution in [0, 0.1) is 0 Å². The van der Waals surface area contributed by atoms with Crippen molar-refractivity contribution >= 4 is 42.6 Å². The molecule has 0 radical (unpaired) electrons. The molecule has 186 valence electrons. The molecule has 2 aliphatic heterocycles. The lowest BCUT2D eigenvalue weighted by Crippen LogP contribution is -2.43. The predicted octanol–water partition coefficient (Wildman–Crippen LogP) is 3.11. The number of hydrogen-bond acceptors (Lipinski definition) is 8. The van der Waals surface area contributed by atoms with Gasteiger partial charge in [-0.15, -0.1) is 24.8 Å². The summed E-state index contributed by atoms with van der Waals surface area (Å²) in [5, 5.41) is 25.1. The highest BCUT2D eigenvalue weighted by Gasteiger charge is 2.32. The first-order valence-electron chi connectivity index (χ1n) is 11.0. The van der Waals surface area contributed by atoms with Gasteiger partial charge in [0.1, 0.15) is 11.5 Å². The zero-order chi connectivity index (χ0) is 22.8. The number of aldehydes is 1. The Morgan fingerprint density at radius 2 is 1.71 bits per heavy atom. The number of piperazine rings is 1. The highest BCUT2D eigenvalue weighted by molar-refractivity contribution is 6.14. The Bertz CT molecular complexity index is 1010. The topological polar surface area (TPSA) is 91.6 Å². The zero-order valence-electron chi connectivity index (χ0n) is 19.6. The van der Waals surface area contributed by atoms with Crippen LogP contribution in [0.2, 0.25) is 0 Å². The van der Waals surface area contributed by atoms with Crippen LogP contribution in [0.1, 0.15) is 36.5 Å². The van der Waals surface area contributed by atoms with Crippen molar-refractivity contribution in [3.63, 3.8) is 0 Å². The zero-order valence-corrected chi connectivity index (χ0v) is 21.3. The summed E-state index contributed by atoms with van der Waals surface area (Å²) in [6.07, 6.45) is 0.110. The van der Waals surface area contributed by atoms with Crippen LogP contribution in [0.15, 0.2) is 41.5 Å². The van der Waals surface area contributed by atoms with E-state index in [4.69, 9.17) is 0 Å². The molecule has 0 bridgehead atoms. The first kappa shape index (κ1) is 27.7. The third-order valence-corrected chi connectivity index (χ3v) is 6.16. The largest absolute Gasteiger partial charge is 0.508 e. The Morgan fingerprint density at radius 1 is 1.06 bits per heavy atom. The lowest BCUT2D eigenvalue weighted by molar-refractivity contribution is -0.109. The number of aromatic hydroxyl groups is 2. The second-order valence-corrected chi connectivity index (χ2v) is 8.84. The van der Waals surface area contributed by atoms with E-state index in [1.54, 1.807) is 11.0 Å². The number of anilines is 1. The second kappa shape index (κ2) is 11.8. The molecule has 2 aromatic rings. The van der Waals surface area contributed by atoms with Crippen LogP contribution in [0.4, 0.5) is 5.69 Å². The van der Waals surface area contributed by atoms with Gasteiger partial charge in [0.15, 0.2) is 18.3 Å². The number of nitrogens with one attached hydrogen (secondary N) is 1. The summed E-state index contributed by atoms with van der Waals surface area (Å²) in [5.74, 6) is 0.456. The minimum Gasteiger partial charge on any atom is -0.508 e. The fraction of sp³-hybridized carbons (Fsp3) is 0.417. The van der Waals surface area contributed by atoms with Gasteiger partial charge in [0.2, 0.25) is 0 Å². The van der Waals surface area contributed by atoms with Gasteiger partial charge < -0.3 is 15.1 Å². The molecule has 10 heteroatoms. The molecule has 8 nitrogen and oxygen atoms in total. The molecule has 2 heterocycles. The summed E-state index contributed by atoms with van der Waals surface area (Å²) in [7, 11) is 2.15. The van der Waals surface area contributed by atoms with E-state index in [-0.39, 0.29) is 42.2 Å². The van der Waals surface area contributed by atoms with Gasteiger partial charge >= 0.3 is 0 Å². The van der Waals surface area contributed by atoms with Crippen LogP contribution in [0.3, 0.4) is 0 Å². The van der Waals surface area contributed by atoms with E-state index < -0.39 is 6.17 Å². The number of likely N-dealkylation sites (N-methyl/N-ethyl adjacent to an activating group) is 1. The number of amidine groups is 1. The predicted molar refractivity (Wildman–Crippen MR) is 140 cm³/mol. The molecule has 4 rings (SSSR count). The molecule has 3 N–H and O–H groups in total. The minimum atomic E-state index is -0.677. The van der Waals surface area contributed by atoms with Gasteiger partial charge in [-0.1, -0.05) is 26.0 Å². The molecular formula is C24H33Cl2N5O3. The van der Waals surface area contributed by atoms with Crippen molar-refractivity contribution in [3.8, 4) is 11.5 Å². The normalized spacial score (nSPS) is 18.6. The average Bonchev–Trinajstić information content (AvgIpc) is 3.19. The van der Waals surface area contributed by atoms with Crippen LogP contribution in [-0.4, -0.2) is 71.5 Å². The molecule has 1 fully saturated rings. The van der Waals surface area contributed by atoms with Gasteiger partial charge in [0.05, 0.1) is 5.56 Å². The van der Waals surface area contributed by atoms with Crippen molar-refractivity contribution in [2.45, 2.75) is 32.5 Å². The molecule has 1 saturated heterocycles. The Balaban J connectivity index is 0.00000204. The first-order valence-corrected chi connectivity index (χ1v) is 11.0. The molecule has 2 aromatic carbocycles. The minimum absolute atomic E-state index is 0. The number of phenols is 2. The fourth-order valence-corrected chi connectivity index (χ4v) is 4.20. The van der Waals surface area contributed by atoms with Crippen LogP contribution in [-0.2, 0) is 11.3 Å². The van der Waals surface area contributed by atoms with E-state index in [9.17, 15) is 15.0 Å². The molecule has 0 aromatic heterocycles. The fourth-order valence-electron chi connectivity index (χ4n) is 4.20. The van der Waals surface area contributed by atoms with Crippen molar-refractivity contribution in [1.29, 1.82) is 0 Å². The van der Waals surface area contributed by atoms with Crippen LogP contribution in [0.25, 0.3) is 0 Å². The summed E-state index contributed by atoms with van der Waals surface area (Å²) in [6, 6.07) is 11.2. The molecule has 0 spiro atoms. The van der Waals surface area contributed by atoms with E-state index in [2.05, 4.69) is 39.5 Å². The number of nitrogens with zero attached hydrogens (tertiary/aromatic N) is 4. The van der Waals surface area contributed by atoms with E-state index in [1.165, 1.54) is 11.6 Å². The van der Waals surface area contributed by atoms with Gasteiger partial charge in [0.25, 0.3) is 0 Å². The van der Waals surface area contributed by atoms with Crippen molar-refractivity contribution in [2.75, 3.05) is 38.1 Å². The Hall–Kier alpha value is -2.52. The Labute approximate surface area is 213 Å². The second-order valence-electron chi connectivity index (χ2n) is 8.84. The monoisotopic (exact) mass is 509 g/mol. The highest BCUT2D eigenvalue weighted by Crippen LogP contribution is 2.35. The highest BCUT2D eigenvalue weighted by atomic mass is 35.5. The standard InChI is InChI=1S/C24H31N5O3.2ClH/c1-16(2)19-12-20(22(32)13-21(19)31)24-26-25-23(15-30)29(24)18-6-4-17(5-7-18)14-28-10-8-27(3)9-11-28;;/h4-7,12-13,15-16,23,25,31-32H,8-11,14H2,1-3H3;2*1H. The number of hydrogen-bond donors (Lipinski definition) is 3. The van der Waals surface area contributed by atoms with Crippen molar-refractivity contribution in [3.05, 3.63) is 53.1 Å². The van der Waals surface area contributed by atoms with E-state index >= 15 is 0 Å². The van der Waals surface area contributed by atoms with E-state index in [0.717, 1.165) is 44.7 Å². The maximum atomic E-state index is 11.7. The number of benzene rings is 2.